The smallest absolute Gasteiger partial charge is 0.326 e. The lowest BCUT2D eigenvalue weighted by Crippen LogP contribution is -2.45. The Kier molecular flexibility index (Phi) is 4.19. The third-order valence-corrected chi connectivity index (χ3v) is 2.27. The van der Waals surface area contributed by atoms with Gasteiger partial charge in [0.25, 0.3) is 11.8 Å². The largest absolute Gasteiger partial charge is 0.480 e. The van der Waals surface area contributed by atoms with E-state index in [0.717, 1.165) is 17.1 Å². The molecule has 0 saturated heterocycles. The third kappa shape index (κ3) is 2.66. The molecule has 0 aliphatic carbocycles. The fraction of sp³-hybridized carbons (Fsp3) is 0.500. The zero-order chi connectivity index (χ0) is 12.1. The predicted octanol–water partition coefficient (Wildman–Crippen LogP) is -0.209. The molecule has 0 fully saturated rings. The number of hydrogen-bond donors (Lipinski definition) is 1. The Morgan fingerprint density at radius 2 is 2.00 bits per heavy atom. The van der Waals surface area contributed by atoms with Crippen LogP contribution < -0.4 is 0 Å². The molecule has 1 N–H and O–H groups in total. The van der Waals surface area contributed by atoms with E-state index in [9.17, 15) is 14.4 Å². The number of nitrogens with zero attached hydrogens (tertiary/aromatic N) is 1. The predicted molar refractivity (Wildman–Crippen MR) is 53.5 cm³/mol. The summed E-state index contributed by atoms with van der Waals surface area (Å²) in [6, 6.07) is -1.11. The number of hydrogen-bond acceptors (Lipinski definition) is 4. The number of carbonyl (C=O) groups excluding carboxylic acids is 2. The SMILES string of the molecule is COCCCC(C(=O)O)N1C(=O)C=CC1=O. The molecule has 0 saturated carbocycles. The number of imide groups is 1. The second-order valence-electron chi connectivity index (χ2n) is 3.37. The fourth-order valence-corrected chi connectivity index (χ4v) is 1.50. The van der Waals surface area contributed by atoms with Crippen LogP contribution in [0.2, 0.25) is 0 Å². The van der Waals surface area contributed by atoms with E-state index in [2.05, 4.69) is 0 Å². The lowest BCUT2D eigenvalue weighted by molar-refractivity contribution is -0.153. The number of ether oxygens (including phenoxy) is 1. The molecule has 0 bridgehead atoms. The molecule has 6 heteroatoms. The van der Waals surface area contributed by atoms with Crippen LogP contribution in [0.1, 0.15) is 12.8 Å². The van der Waals surface area contributed by atoms with Crippen molar-refractivity contribution in [3.63, 3.8) is 0 Å². The maximum atomic E-state index is 11.3. The summed E-state index contributed by atoms with van der Waals surface area (Å²) in [5.41, 5.74) is 0. The normalized spacial score (nSPS) is 16.9. The van der Waals surface area contributed by atoms with E-state index >= 15 is 0 Å². The summed E-state index contributed by atoms with van der Waals surface area (Å²) in [5.74, 6) is -2.33. The number of aliphatic carboxylic acids is 1. The van der Waals surface area contributed by atoms with Gasteiger partial charge in [-0.2, -0.15) is 0 Å². The molecular weight excluding hydrogens is 214 g/mol. The van der Waals surface area contributed by atoms with Crippen molar-refractivity contribution < 1.29 is 24.2 Å². The second kappa shape index (κ2) is 5.41. The highest BCUT2D eigenvalue weighted by Crippen LogP contribution is 2.14. The second-order valence-corrected chi connectivity index (χ2v) is 3.37. The Morgan fingerprint density at radius 3 is 2.44 bits per heavy atom. The van der Waals surface area contributed by atoms with Crippen LogP contribution in [0.4, 0.5) is 0 Å². The average Bonchev–Trinajstić information content (AvgIpc) is 2.54. The van der Waals surface area contributed by atoms with Gasteiger partial charge in [-0.05, 0) is 12.8 Å². The van der Waals surface area contributed by atoms with Crippen LogP contribution in [0.15, 0.2) is 12.2 Å². The van der Waals surface area contributed by atoms with Crippen LogP contribution in [-0.4, -0.2) is 47.5 Å². The van der Waals surface area contributed by atoms with Crippen molar-refractivity contribution in [2.45, 2.75) is 18.9 Å². The molecule has 1 aliphatic heterocycles. The maximum absolute atomic E-state index is 11.3. The van der Waals surface area contributed by atoms with Crippen molar-refractivity contribution >= 4 is 17.8 Å². The molecule has 1 heterocycles. The van der Waals surface area contributed by atoms with Crippen LogP contribution in [0, 0.1) is 0 Å². The molecule has 2 amide bonds. The molecular formula is C10H13NO5. The van der Waals surface area contributed by atoms with E-state index < -0.39 is 23.8 Å². The molecule has 6 nitrogen and oxygen atoms in total. The number of carbonyl (C=O) groups is 3. The van der Waals surface area contributed by atoms with E-state index in [0.29, 0.717) is 13.0 Å². The molecule has 1 unspecified atom stereocenters. The summed E-state index contributed by atoms with van der Waals surface area (Å²) < 4.78 is 4.79. The molecule has 0 radical (unpaired) electrons. The maximum Gasteiger partial charge on any atom is 0.326 e. The summed E-state index contributed by atoms with van der Waals surface area (Å²) >= 11 is 0. The van der Waals surface area contributed by atoms with Crippen molar-refractivity contribution in [3.8, 4) is 0 Å². The quantitative estimate of drug-likeness (QED) is 0.501. The fourth-order valence-electron chi connectivity index (χ4n) is 1.50. The van der Waals surface area contributed by atoms with Gasteiger partial charge in [-0.15, -0.1) is 0 Å². The zero-order valence-electron chi connectivity index (χ0n) is 8.88. The first-order chi connectivity index (χ1) is 7.57. The molecule has 0 spiro atoms. The summed E-state index contributed by atoms with van der Waals surface area (Å²) in [6.07, 6.45) is 2.83. The van der Waals surface area contributed by atoms with Crippen LogP contribution in [0.3, 0.4) is 0 Å². The van der Waals surface area contributed by atoms with Crippen molar-refractivity contribution in [2.75, 3.05) is 13.7 Å². The molecule has 0 aromatic rings. The van der Waals surface area contributed by atoms with Crippen molar-refractivity contribution in [2.24, 2.45) is 0 Å². The van der Waals surface area contributed by atoms with Gasteiger partial charge >= 0.3 is 5.97 Å². The van der Waals surface area contributed by atoms with Gasteiger partial charge in [0.05, 0.1) is 0 Å². The van der Waals surface area contributed by atoms with Gasteiger partial charge in [0.1, 0.15) is 6.04 Å². The Balaban J connectivity index is 2.67. The molecule has 1 rings (SSSR count). The Hall–Kier alpha value is -1.69. The van der Waals surface area contributed by atoms with Gasteiger partial charge in [-0.1, -0.05) is 0 Å². The monoisotopic (exact) mass is 227 g/mol. The first-order valence-electron chi connectivity index (χ1n) is 4.85. The van der Waals surface area contributed by atoms with E-state index in [1.54, 1.807) is 0 Å². The van der Waals surface area contributed by atoms with Crippen LogP contribution in [0.5, 0.6) is 0 Å². The van der Waals surface area contributed by atoms with E-state index in [1.807, 2.05) is 0 Å². The number of methoxy groups -OCH3 is 1. The summed E-state index contributed by atoms with van der Waals surface area (Å²) in [5, 5.41) is 8.95. The van der Waals surface area contributed by atoms with E-state index in [4.69, 9.17) is 9.84 Å². The van der Waals surface area contributed by atoms with Gasteiger partial charge in [0.2, 0.25) is 0 Å². The Bertz CT molecular complexity index is 318. The number of amides is 2. The minimum Gasteiger partial charge on any atom is -0.480 e. The Labute approximate surface area is 92.5 Å². The molecule has 1 aliphatic rings. The molecule has 1 atom stereocenters. The summed E-state index contributed by atoms with van der Waals surface area (Å²) in [7, 11) is 1.50. The minimum atomic E-state index is -1.18. The number of carboxylic acid groups (broad SMARTS) is 1. The third-order valence-electron chi connectivity index (χ3n) is 2.27. The van der Waals surface area contributed by atoms with Crippen molar-refractivity contribution in [1.82, 2.24) is 4.90 Å². The highest BCUT2D eigenvalue weighted by atomic mass is 16.5. The topological polar surface area (TPSA) is 83.9 Å². The Morgan fingerprint density at radius 1 is 1.44 bits per heavy atom. The van der Waals surface area contributed by atoms with E-state index in [-0.39, 0.29) is 6.42 Å². The van der Waals surface area contributed by atoms with Crippen LogP contribution in [-0.2, 0) is 19.1 Å². The highest BCUT2D eigenvalue weighted by Gasteiger charge is 2.35. The summed E-state index contributed by atoms with van der Waals surface area (Å²) in [4.78, 5) is 34.3. The summed E-state index contributed by atoms with van der Waals surface area (Å²) in [6.45, 7) is 0.396. The van der Waals surface area contributed by atoms with Crippen LogP contribution >= 0.6 is 0 Å². The molecule has 0 aromatic heterocycles. The standard InChI is InChI=1S/C10H13NO5/c1-16-6-2-3-7(10(14)15)11-8(12)4-5-9(11)13/h4-5,7H,2-3,6H2,1H3,(H,14,15). The first-order valence-corrected chi connectivity index (χ1v) is 4.85. The van der Waals surface area contributed by atoms with Crippen molar-refractivity contribution in [1.29, 1.82) is 0 Å². The van der Waals surface area contributed by atoms with Gasteiger partial charge in [-0.25, -0.2) is 4.79 Å². The van der Waals surface area contributed by atoms with Crippen molar-refractivity contribution in [3.05, 3.63) is 12.2 Å². The molecule has 0 aromatic carbocycles. The van der Waals surface area contributed by atoms with Gasteiger partial charge < -0.3 is 9.84 Å². The average molecular weight is 227 g/mol. The molecule has 88 valence electrons. The molecule has 16 heavy (non-hydrogen) atoms. The zero-order valence-corrected chi connectivity index (χ0v) is 8.88. The number of carboxylic acids is 1. The van der Waals surface area contributed by atoms with Crippen LogP contribution in [0.25, 0.3) is 0 Å². The highest BCUT2D eigenvalue weighted by molar-refractivity contribution is 6.14. The van der Waals surface area contributed by atoms with Gasteiger partial charge in [0.15, 0.2) is 0 Å². The lowest BCUT2D eigenvalue weighted by Gasteiger charge is -2.22. The number of rotatable bonds is 6. The first kappa shape index (κ1) is 12.4. The lowest BCUT2D eigenvalue weighted by atomic mass is 10.1. The van der Waals surface area contributed by atoms with E-state index in [1.165, 1.54) is 7.11 Å². The van der Waals surface area contributed by atoms with Gasteiger partial charge in [-0.3, -0.25) is 14.5 Å². The van der Waals surface area contributed by atoms with Gasteiger partial charge in [0, 0.05) is 25.9 Å². The minimum absolute atomic E-state index is 0.197.